The Bertz CT molecular complexity index is 672. The number of nitrogen functional groups attached to an aromatic ring is 1. The SMILES string of the molecule is Nc1cccc(CS(=O)(=O)Nc2ccc(Cl)cn2)c1. The Morgan fingerprint density at radius 2 is 2.05 bits per heavy atom. The highest BCUT2D eigenvalue weighted by molar-refractivity contribution is 7.91. The van der Waals surface area contributed by atoms with E-state index in [1.165, 1.54) is 12.3 Å². The number of nitrogens with one attached hydrogen (secondary N) is 1. The zero-order valence-corrected chi connectivity index (χ0v) is 11.4. The summed E-state index contributed by atoms with van der Waals surface area (Å²) in [7, 11) is -3.53. The molecule has 0 saturated carbocycles. The topological polar surface area (TPSA) is 85.1 Å². The summed E-state index contributed by atoms with van der Waals surface area (Å²) >= 11 is 5.68. The van der Waals surface area contributed by atoms with Crippen molar-refractivity contribution in [1.82, 2.24) is 4.98 Å². The first-order chi connectivity index (χ1) is 8.94. The number of nitrogens with two attached hydrogens (primary N) is 1. The Labute approximate surface area is 116 Å². The number of rotatable bonds is 4. The van der Waals surface area contributed by atoms with Gasteiger partial charge in [-0.15, -0.1) is 0 Å². The molecule has 0 amide bonds. The lowest BCUT2D eigenvalue weighted by Crippen LogP contribution is -2.15. The molecule has 3 N–H and O–H groups in total. The molecule has 2 aromatic rings. The molecule has 1 aromatic heterocycles. The second-order valence-electron chi connectivity index (χ2n) is 3.97. The zero-order chi connectivity index (χ0) is 13.9. The quantitative estimate of drug-likeness (QED) is 0.848. The number of pyridine rings is 1. The van der Waals surface area contributed by atoms with Crippen molar-refractivity contribution >= 4 is 33.1 Å². The summed E-state index contributed by atoms with van der Waals surface area (Å²) in [6.45, 7) is 0. The molecule has 0 aliphatic heterocycles. The van der Waals surface area contributed by atoms with Crippen molar-refractivity contribution in [3.05, 3.63) is 53.2 Å². The molecule has 19 heavy (non-hydrogen) atoms. The molecule has 1 aromatic carbocycles. The van der Waals surface area contributed by atoms with Crippen LogP contribution in [-0.2, 0) is 15.8 Å². The molecule has 0 saturated heterocycles. The molecule has 0 atom stereocenters. The summed E-state index contributed by atoms with van der Waals surface area (Å²) in [5.74, 6) is 0.0656. The van der Waals surface area contributed by atoms with Crippen LogP contribution in [0.3, 0.4) is 0 Å². The van der Waals surface area contributed by atoms with E-state index in [1.54, 1.807) is 30.3 Å². The molecule has 0 bridgehead atoms. The smallest absolute Gasteiger partial charge is 0.238 e. The Hall–Kier alpha value is -1.79. The van der Waals surface area contributed by atoms with Gasteiger partial charge in [0.25, 0.3) is 0 Å². The highest BCUT2D eigenvalue weighted by Crippen LogP contribution is 2.14. The average molecular weight is 298 g/mol. The second-order valence-corrected chi connectivity index (χ2v) is 6.13. The standard InChI is InChI=1S/C12H12ClN3O2S/c13-10-4-5-12(15-7-10)16-19(17,18)8-9-2-1-3-11(14)6-9/h1-7H,8,14H2,(H,15,16). The zero-order valence-electron chi connectivity index (χ0n) is 9.88. The number of benzene rings is 1. The van der Waals surface area contributed by atoms with Crippen molar-refractivity contribution in [2.75, 3.05) is 10.5 Å². The number of nitrogens with zero attached hydrogens (tertiary/aromatic N) is 1. The normalized spacial score (nSPS) is 11.2. The maximum absolute atomic E-state index is 11.9. The molecule has 2 rings (SSSR count). The van der Waals surface area contributed by atoms with Gasteiger partial charge in [-0.25, -0.2) is 13.4 Å². The summed E-state index contributed by atoms with van der Waals surface area (Å²) in [6, 6.07) is 9.79. The molecule has 0 aliphatic rings. The van der Waals surface area contributed by atoms with Crippen LogP contribution in [0.4, 0.5) is 11.5 Å². The van der Waals surface area contributed by atoms with Gasteiger partial charge in [0.2, 0.25) is 10.0 Å². The number of hydrogen-bond donors (Lipinski definition) is 2. The van der Waals surface area contributed by atoms with Gasteiger partial charge < -0.3 is 5.73 Å². The minimum atomic E-state index is -3.53. The molecule has 0 unspecified atom stereocenters. The van der Waals surface area contributed by atoms with E-state index in [0.29, 0.717) is 16.3 Å². The van der Waals surface area contributed by atoms with Gasteiger partial charge in [0, 0.05) is 11.9 Å². The third-order valence-corrected chi connectivity index (χ3v) is 3.75. The number of sulfonamides is 1. The van der Waals surface area contributed by atoms with E-state index in [2.05, 4.69) is 9.71 Å². The largest absolute Gasteiger partial charge is 0.399 e. The highest BCUT2D eigenvalue weighted by Gasteiger charge is 2.12. The van der Waals surface area contributed by atoms with E-state index in [-0.39, 0.29) is 11.6 Å². The summed E-state index contributed by atoms with van der Waals surface area (Å²) in [4.78, 5) is 3.88. The Morgan fingerprint density at radius 1 is 1.26 bits per heavy atom. The van der Waals surface area contributed by atoms with Crippen LogP contribution in [0.5, 0.6) is 0 Å². The molecule has 0 aliphatic carbocycles. The number of hydrogen-bond acceptors (Lipinski definition) is 4. The van der Waals surface area contributed by atoms with E-state index in [9.17, 15) is 8.42 Å². The predicted molar refractivity (Wildman–Crippen MR) is 76.3 cm³/mol. The third kappa shape index (κ3) is 4.11. The van der Waals surface area contributed by atoms with Crippen molar-refractivity contribution in [2.45, 2.75) is 5.75 Å². The van der Waals surface area contributed by atoms with E-state index < -0.39 is 10.0 Å². The molecule has 5 nitrogen and oxygen atoms in total. The second kappa shape index (κ2) is 5.46. The molecule has 0 fully saturated rings. The molecular weight excluding hydrogens is 286 g/mol. The van der Waals surface area contributed by atoms with Crippen LogP contribution < -0.4 is 10.5 Å². The molecule has 1 heterocycles. The molecule has 100 valence electrons. The summed E-state index contributed by atoms with van der Waals surface area (Å²) < 4.78 is 26.3. The van der Waals surface area contributed by atoms with Crippen LogP contribution in [0.1, 0.15) is 5.56 Å². The summed E-state index contributed by atoms with van der Waals surface area (Å²) in [6.07, 6.45) is 1.37. The minimum Gasteiger partial charge on any atom is -0.399 e. The molecule has 0 spiro atoms. The minimum absolute atomic E-state index is 0.164. The van der Waals surface area contributed by atoms with Crippen LogP contribution in [-0.4, -0.2) is 13.4 Å². The van der Waals surface area contributed by atoms with Gasteiger partial charge in [-0.05, 0) is 29.8 Å². The highest BCUT2D eigenvalue weighted by atomic mass is 35.5. The van der Waals surface area contributed by atoms with E-state index >= 15 is 0 Å². The Balaban J connectivity index is 2.13. The maximum atomic E-state index is 11.9. The van der Waals surface area contributed by atoms with Crippen LogP contribution in [0.15, 0.2) is 42.6 Å². The molecular formula is C12H12ClN3O2S. The van der Waals surface area contributed by atoms with Crippen molar-refractivity contribution in [2.24, 2.45) is 0 Å². The monoisotopic (exact) mass is 297 g/mol. The average Bonchev–Trinajstić information content (AvgIpc) is 2.31. The molecule has 7 heteroatoms. The van der Waals surface area contributed by atoms with Crippen LogP contribution in [0.2, 0.25) is 5.02 Å². The van der Waals surface area contributed by atoms with Crippen LogP contribution in [0.25, 0.3) is 0 Å². The summed E-state index contributed by atoms with van der Waals surface area (Å²) in [5.41, 5.74) is 6.74. The van der Waals surface area contributed by atoms with Gasteiger partial charge in [0.15, 0.2) is 0 Å². The Kier molecular flexibility index (Phi) is 3.92. The van der Waals surface area contributed by atoms with Crippen molar-refractivity contribution < 1.29 is 8.42 Å². The molecule has 0 radical (unpaired) electrons. The fraction of sp³-hybridized carbons (Fsp3) is 0.0833. The number of anilines is 2. The van der Waals surface area contributed by atoms with E-state index in [0.717, 1.165) is 0 Å². The van der Waals surface area contributed by atoms with Gasteiger partial charge in [-0.2, -0.15) is 0 Å². The van der Waals surface area contributed by atoms with Crippen LogP contribution in [0, 0.1) is 0 Å². The number of halogens is 1. The lowest BCUT2D eigenvalue weighted by Gasteiger charge is -2.07. The third-order valence-electron chi connectivity index (χ3n) is 2.30. The first-order valence-electron chi connectivity index (χ1n) is 5.41. The van der Waals surface area contributed by atoms with Gasteiger partial charge in [0.05, 0.1) is 10.8 Å². The van der Waals surface area contributed by atoms with Gasteiger partial charge in [-0.1, -0.05) is 23.7 Å². The van der Waals surface area contributed by atoms with Crippen LogP contribution >= 0.6 is 11.6 Å². The first kappa shape index (κ1) is 13.6. The maximum Gasteiger partial charge on any atom is 0.238 e. The van der Waals surface area contributed by atoms with Crippen molar-refractivity contribution in [1.29, 1.82) is 0 Å². The van der Waals surface area contributed by atoms with Gasteiger partial charge in [0.1, 0.15) is 5.82 Å². The first-order valence-corrected chi connectivity index (χ1v) is 7.44. The summed E-state index contributed by atoms with van der Waals surface area (Å²) in [5, 5.41) is 0.443. The van der Waals surface area contributed by atoms with Gasteiger partial charge >= 0.3 is 0 Å². The lowest BCUT2D eigenvalue weighted by atomic mass is 10.2. The fourth-order valence-electron chi connectivity index (χ4n) is 1.53. The van der Waals surface area contributed by atoms with Crippen molar-refractivity contribution in [3.8, 4) is 0 Å². The fourth-order valence-corrected chi connectivity index (χ4v) is 2.78. The van der Waals surface area contributed by atoms with E-state index in [4.69, 9.17) is 17.3 Å². The number of aromatic nitrogens is 1. The Morgan fingerprint density at radius 3 is 2.68 bits per heavy atom. The van der Waals surface area contributed by atoms with Crippen molar-refractivity contribution in [3.63, 3.8) is 0 Å². The van der Waals surface area contributed by atoms with E-state index in [1.807, 2.05) is 0 Å². The predicted octanol–water partition coefficient (Wildman–Crippen LogP) is 2.26. The van der Waals surface area contributed by atoms with Gasteiger partial charge in [-0.3, -0.25) is 4.72 Å². The lowest BCUT2D eigenvalue weighted by molar-refractivity contribution is 0.600.